The fraction of sp³-hybridized carbons (Fsp3) is 0.579. The zero-order valence-corrected chi connectivity index (χ0v) is 16.5. The summed E-state index contributed by atoms with van der Waals surface area (Å²) in [7, 11) is 0. The number of anilines is 1. The molecule has 0 unspecified atom stereocenters. The van der Waals surface area contributed by atoms with Crippen LogP contribution in [0, 0.1) is 0 Å². The second kappa shape index (κ2) is 7.91. The topological polar surface area (TPSA) is 151 Å². The van der Waals surface area contributed by atoms with Gasteiger partial charge in [-0.3, -0.25) is 0 Å². The van der Waals surface area contributed by atoms with Crippen LogP contribution in [0.5, 0.6) is 0 Å². The summed E-state index contributed by atoms with van der Waals surface area (Å²) in [5.74, 6) is 1.72. The number of ether oxygens (including phenoxy) is 2. The highest BCUT2D eigenvalue weighted by molar-refractivity contribution is 5.82. The van der Waals surface area contributed by atoms with E-state index in [0.29, 0.717) is 42.4 Å². The van der Waals surface area contributed by atoms with E-state index in [1.807, 2.05) is 6.92 Å². The van der Waals surface area contributed by atoms with E-state index in [9.17, 15) is 10.2 Å². The number of aliphatic hydroxyl groups excluding tert-OH is 2. The van der Waals surface area contributed by atoms with Crippen molar-refractivity contribution in [3.63, 3.8) is 0 Å². The molecule has 0 aliphatic carbocycles. The standard InChI is InChI=1S/C19H24N6O5/c1-2-10-7-20-19(29-10)15-13(27)12(26)14(30-15)18-24-16-11(21-8-22-16)17(25-18)23-9-3-5-28-6-4-9/h7-9,12-15,26-27H,2-6H2,1H3,(H2,21,22,23,24,25)/t12-,13+,14+,15+/m1/s1. The lowest BCUT2D eigenvalue weighted by molar-refractivity contribution is -0.0120. The SMILES string of the molecule is CCc1cnc([C@H]2O[C@H](c3nc(NC4CCOCC4)c4[nH]cnc4n3)[C@H](O)[C@@H]2O)o1. The molecule has 0 spiro atoms. The van der Waals surface area contributed by atoms with Crippen molar-refractivity contribution in [1.82, 2.24) is 24.9 Å². The van der Waals surface area contributed by atoms with Crippen LogP contribution in [0.3, 0.4) is 0 Å². The third-order valence-corrected chi connectivity index (χ3v) is 5.55. The van der Waals surface area contributed by atoms with Gasteiger partial charge in [-0.05, 0) is 12.8 Å². The van der Waals surface area contributed by atoms with Gasteiger partial charge in [0, 0.05) is 25.7 Å². The first-order valence-electron chi connectivity index (χ1n) is 10.2. The molecule has 4 atom stereocenters. The Balaban J connectivity index is 1.44. The fourth-order valence-corrected chi connectivity index (χ4v) is 3.83. The van der Waals surface area contributed by atoms with Crippen molar-refractivity contribution >= 4 is 17.0 Å². The van der Waals surface area contributed by atoms with Crippen LogP contribution in [-0.2, 0) is 15.9 Å². The van der Waals surface area contributed by atoms with E-state index >= 15 is 0 Å². The van der Waals surface area contributed by atoms with Gasteiger partial charge in [0.2, 0.25) is 5.89 Å². The number of hydrogen-bond donors (Lipinski definition) is 4. The number of nitrogens with one attached hydrogen (secondary N) is 2. The summed E-state index contributed by atoms with van der Waals surface area (Å²) in [4.78, 5) is 20.5. The molecule has 160 valence electrons. The summed E-state index contributed by atoms with van der Waals surface area (Å²) in [5, 5.41) is 24.6. The number of hydrogen-bond acceptors (Lipinski definition) is 10. The third kappa shape index (κ3) is 3.43. The van der Waals surface area contributed by atoms with E-state index in [0.717, 1.165) is 12.8 Å². The number of fused-ring (bicyclic) bond motifs is 1. The first-order chi connectivity index (χ1) is 14.6. The zero-order chi connectivity index (χ0) is 20.7. The molecule has 2 aliphatic rings. The molecule has 3 aromatic heterocycles. The van der Waals surface area contributed by atoms with Crippen LogP contribution >= 0.6 is 0 Å². The number of aromatic amines is 1. The fourth-order valence-electron chi connectivity index (χ4n) is 3.83. The van der Waals surface area contributed by atoms with Crippen molar-refractivity contribution < 1.29 is 24.1 Å². The highest BCUT2D eigenvalue weighted by atomic mass is 16.6. The van der Waals surface area contributed by atoms with Crippen LogP contribution in [0.25, 0.3) is 11.2 Å². The van der Waals surface area contributed by atoms with Crippen molar-refractivity contribution in [3.8, 4) is 0 Å². The van der Waals surface area contributed by atoms with Crippen LogP contribution in [0.1, 0.15) is 49.4 Å². The Morgan fingerprint density at radius 1 is 1.13 bits per heavy atom. The number of H-pyrrole nitrogens is 1. The molecule has 11 nitrogen and oxygen atoms in total. The molecule has 0 aromatic carbocycles. The zero-order valence-electron chi connectivity index (χ0n) is 16.5. The largest absolute Gasteiger partial charge is 0.443 e. The highest BCUT2D eigenvalue weighted by Gasteiger charge is 2.48. The minimum absolute atomic E-state index is 0.209. The molecule has 11 heteroatoms. The molecule has 0 amide bonds. The van der Waals surface area contributed by atoms with Crippen LogP contribution in [0.15, 0.2) is 16.9 Å². The number of nitrogens with zero attached hydrogens (tertiary/aromatic N) is 4. The Bertz CT molecular complexity index is 1020. The smallest absolute Gasteiger partial charge is 0.226 e. The third-order valence-electron chi connectivity index (χ3n) is 5.55. The number of aliphatic hydroxyl groups is 2. The lowest BCUT2D eigenvalue weighted by atomic mass is 10.1. The van der Waals surface area contributed by atoms with Gasteiger partial charge in [-0.1, -0.05) is 6.92 Å². The summed E-state index contributed by atoms with van der Waals surface area (Å²) in [6, 6.07) is 0.209. The Labute approximate surface area is 171 Å². The quantitative estimate of drug-likeness (QED) is 0.474. The normalized spacial score (nSPS) is 27.7. The number of imidazole rings is 1. The molecular weight excluding hydrogens is 392 g/mol. The van der Waals surface area contributed by atoms with Crippen molar-refractivity contribution in [2.75, 3.05) is 18.5 Å². The van der Waals surface area contributed by atoms with Gasteiger partial charge >= 0.3 is 0 Å². The summed E-state index contributed by atoms with van der Waals surface area (Å²) in [6.07, 6.45) is 1.22. The molecule has 0 radical (unpaired) electrons. The van der Waals surface area contributed by atoms with Gasteiger partial charge in [0.1, 0.15) is 29.6 Å². The van der Waals surface area contributed by atoms with Gasteiger partial charge in [0.15, 0.2) is 23.4 Å². The lowest BCUT2D eigenvalue weighted by Gasteiger charge is -2.24. The van der Waals surface area contributed by atoms with Gasteiger partial charge in [-0.15, -0.1) is 0 Å². The van der Waals surface area contributed by atoms with E-state index in [2.05, 4.69) is 30.2 Å². The summed E-state index contributed by atoms with van der Waals surface area (Å²) < 4.78 is 16.9. The monoisotopic (exact) mass is 416 g/mol. The van der Waals surface area contributed by atoms with Crippen molar-refractivity contribution in [2.45, 2.75) is 56.6 Å². The van der Waals surface area contributed by atoms with E-state index in [-0.39, 0.29) is 17.8 Å². The summed E-state index contributed by atoms with van der Waals surface area (Å²) in [5.41, 5.74) is 1.13. The van der Waals surface area contributed by atoms with Crippen LogP contribution in [0.2, 0.25) is 0 Å². The molecule has 0 bridgehead atoms. The first-order valence-corrected chi connectivity index (χ1v) is 10.2. The van der Waals surface area contributed by atoms with Crippen molar-refractivity contribution in [2.24, 2.45) is 0 Å². The van der Waals surface area contributed by atoms with Crippen LogP contribution in [0.4, 0.5) is 5.82 Å². The Morgan fingerprint density at radius 3 is 2.70 bits per heavy atom. The Hall–Kier alpha value is -2.60. The van der Waals surface area contributed by atoms with E-state index in [1.165, 1.54) is 0 Å². The van der Waals surface area contributed by atoms with Crippen LogP contribution < -0.4 is 5.32 Å². The van der Waals surface area contributed by atoms with Gasteiger partial charge in [-0.25, -0.2) is 19.9 Å². The Morgan fingerprint density at radius 2 is 1.93 bits per heavy atom. The molecule has 30 heavy (non-hydrogen) atoms. The molecule has 4 N–H and O–H groups in total. The molecular formula is C19H24N6O5. The van der Waals surface area contributed by atoms with E-state index in [1.54, 1.807) is 12.5 Å². The van der Waals surface area contributed by atoms with Crippen molar-refractivity contribution in [3.05, 3.63) is 30.0 Å². The Kier molecular flexibility index (Phi) is 5.11. The van der Waals surface area contributed by atoms with Gasteiger partial charge in [0.05, 0.1) is 12.5 Å². The first kappa shape index (κ1) is 19.4. The van der Waals surface area contributed by atoms with Gasteiger partial charge < -0.3 is 34.4 Å². The summed E-state index contributed by atoms with van der Waals surface area (Å²) >= 11 is 0. The van der Waals surface area contributed by atoms with E-state index < -0.39 is 24.4 Å². The average Bonchev–Trinajstić information content (AvgIpc) is 3.49. The minimum atomic E-state index is -1.24. The lowest BCUT2D eigenvalue weighted by Crippen LogP contribution is -2.29. The van der Waals surface area contributed by atoms with E-state index in [4.69, 9.17) is 13.9 Å². The predicted octanol–water partition coefficient (Wildman–Crippen LogP) is 1.03. The number of rotatable bonds is 5. The molecule has 0 saturated carbocycles. The molecule has 3 aromatic rings. The average molecular weight is 416 g/mol. The molecule has 2 fully saturated rings. The molecule has 2 saturated heterocycles. The maximum Gasteiger partial charge on any atom is 0.226 e. The van der Waals surface area contributed by atoms with Gasteiger partial charge in [-0.2, -0.15) is 0 Å². The molecule has 2 aliphatic heterocycles. The predicted molar refractivity (Wildman–Crippen MR) is 104 cm³/mol. The maximum absolute atomic E-state index is 10.7. The van der Waals surface area contributed by atoms with Crippen molar-refractivity contribution in [1.29, 1.82) is 0 Å². The maximum atomic E-state index is 10.7. The number of aryl methyl sites for hydroxylation is 1. The molecule has 5 heterocycles. The van der Waals surface area contributed by atoms with Gasteiger partial charge in [0.25, 0.3) is 0 Å². The number of oxazole rings is 1. The highest BCUT2D eigenvalue weighted by Crippen LogP contribution is 2.40. The minimum Gasteiger partial charge on any atom is -0.443 e. The second-order valence-corrected chi connectivity index (χ2v) is 7.54. The second-order valence-electron chi connectivity index (χ2n) is 7.54. The van der Waals surface area contributed by atoms with Crippen LogP contribution in [-0.4, -0.2) is 66.6 Å². The summed E-state index contributed by atoms with van der Waals surface area (Å²) in [6.45, 7) is 3.32. The number of aromatic nitrogens is 5. The molecule has 5 rings (SSSR count).